The lowest BCUT2D eigenvalue weighted by Crippen LogP contribution is -2.55. The van der Waals surface area contributed by atoms with E-state index >= 15 is 0 Å². The van der Waals surface area contributed by atoms with Gasteiger partial charge in [-0.3, -0.25) is 9.59 Å². The van der Waals surface area contributed by atoms with Crippen LogP contribution in [0, 0.1) is 5.92 Å². The first-order valence-corrected chi connectivity index (χ1v) is 10.3. The molecule has 26 heavy (non-hydrogen) atoms. The molecule has 1 amide bonds. The summed E-state index contributed by atoms with van der Waals surface area (Å²) in [5.41, 5.74) is 0.0851. The van der Waals surface area contributed by atoms with E-state index in [4.69, 9.17) is 4.74 Å². The zero-order valence-electron chi connectivity index (χ0n) is 14.8. The van der Waals surface area contributed by atoms with Crippen LogP contribution in [0.4, 0.5) is 0 Å². The molecule has 1 heterocycles. The van der Waals surface area contributed by atoms with Gasteiger partial charge in [-0.05, 0) is 31.2 Å². The van der Waals surface area contributed by atoms with Crippen LogP contribution in [0.15, 0.2) is 30.3 Å². The lowest BCUT2D eigenvalue weighted by molar-refractivity contribution is -0.146. The van der Waals surface area contributed by atoms with Gasteiger partial charge in [0.05, 0.1) is 18.4 Å². The van der Waals surface area contributed by atoms with E-state index < -0.39 is 21.5 Å². The topological polar surface area (TPSA) is 92.8 Å². The lowest BCUT2D eigenvalue weighted by Gasteiger charge is -2.41. The Morgan fingerprint density at radius 1 is 1.15 bits per heavy atom. The fourth-order valence-electron chi connectivity index (χ4n) is 3.71. The number of carbonyl (C=O) groups is 2. The van der Waals surface area contributed by atoms with Gasteiger partial charge in [0.1, 0.15) is 0 Å². The van der Waals surface area contributed by atoms with Crippen LogP contribution in [-0.2, 0) is 30.0 Å². The van der Waals surface area contributed by atoms with Gasteiger partial charge < -0.3 is 4.74 Å². The van der Waals surface area contributed by atoms with Crippen molar-refractivity contribution in [2.45, 2.75) is 37.5 Å². The van der Waals surface area contributed by atoms with Gasteiger partial charge in [0.15, 0.2) is 0 Å². The van der Waals surface area contributed by atoms with Gasteiger partial charge in [0.25, 0.3) is 0 Å². The second-order valence-corrected chi connectivity index (χ2v) is 8.61. The molecule has 0 unspecified atom stereocenters. The average molecular weight is 380 g/mol. The van der Waals surface area contributed by atoms with E-state index in [0.29, 0.717) is 25.7 Å². The zero-order chi connectivity index (χ0) is 18.8. The van der Waals surface area contributed by atoms with Crippen LogP contribution in [0.2, 0.25) is 0 Å². The summed E-state index contributed by atoms with van der Waals surface area (Å²) < 4.78 is 33.5. The number of amides is 1. The smallest absolute Gasteiger partial charge is 0.308 e. The molecule has 1 saturated heterocycles. The Balaban J connectivity index is 1.68. The molecular weight excluding hydrogens is 356 g/mol. The van der Waals surface area contributed by atoms with Crippen molar-refractivity contribution in [3.05, 3.63) is 35.9 Å². The van der Waals surface area contributed by atoms with E-state index in [1.54, 1.807) is 0 Å². The maximum atomic E-state index is 12.8. The van der Waals surface area contributed by atoms with Crippen molar-refractivity contribution in [1.29, 1.82) is 0 Å². The standard InChI is InChI=1S/C18H24N2O5S/c1-25-16(21)14-8-12-20(13-9-14)26(23,24)19-17(22)18(10-5-11-18)15-6-3-2-4-7-15/h2-4,6-7,14H,5,8-13H2,1H3,(H,19,22). The summed E-state index contributed by atoms with van der Waals surface area (Å²) >= 11 is 0. The molecule has 1 saturated carbocycles. The Hall–Kier alpha value is -1.93. The van der Waals surface area contributed by atoms with E-state index in [9.17, 15) is 18.0 Å². The van der Waals surface area contributed by atoms with E-state index in [1.165, 1.54) is 11.4 Å². The minimum Gasteiger partial charge on any atom is -0.469 e. The van der Waals surface area contributed by atoms with Gasteiger partial charge in [-0.15, -0.1) is 0 Å². The van der Waals surface area contributed by atoms with Gasteiger partial charge in [-0.1, -0.05) is 36.8 Å². The maximum Gasteiger partial charge on any atom is 0.308 e. The van der Waals surface area contributed by atoms with Gasteiger partial charge in [0, 0.05) is 13.1 Å². The Morgan fingerprint density at radius 3 is 2.27 bits per heavy atom. The number of nitrogens with zero attached hydrogens (tertiary/aromatic N) is 1. The SMILES string of the molecule is COC(=O)C1CCN(S(=O)(=O)NC(=O)C2(c3ccccc3)CCC2)CC1. The highest BCUT2D eigenvalue weighted by atomic mass is 32.2. The number of piperidine rings is 1. The molecule has 2 aliphatic rings. The van der Waals surface area contributed by atoms with E-state index in [1.807, 2.05) is 30.3 Å². The summed E-state index contributed by atoms with van der Waals surface area (Å²) in [6.45, 7) is 0.390. The van der Waals surface area contributed by atoms with Crippen LogP contribution < -0.4 is 4.72 Å². The van der Waals surface area contributed by atoms with Crippen molar-refractivity contribution in [3.8, 4) is 0 Å². The van der Waals surface area contributed by atoms with Crippen LogP contribution in [0.5, 0.6) is 0 Å². The van der Waals surface area contributed by atoms with Crippen molar-refractivity contribution in [1.82, 2.24) is 9.03 Å². The monoisotopic (exact) mass is 380 g/mol. The van der Waals surface area contributed by atoms with E-state index in [-0.39, 0.29) is 25.0 Å². The fourth-order valence-corrected chi connectivity index (χ4v) is 4.96. The highest BCUT2D eigenvalue weighted by Crippen LogP contribution is 2.44. The van der Waals surface area contributed by atoms with Crippen LogP contribution in [0.3, 0.4) is 0 Å². The normalized spacial score (nSPS) is 20.8. The quantitative estimate of drug-likeness (QED) is 0.779. The minimum absolute atomic E-state index is 0.195. The first-order chi connectivity index (χ1) is 12.4. The number of hydrogen-bond acceptors (Lipinski definition) is 5. The molecule has 0 aromatic heterocycles. The number of methoxy groups -OCH3 is 1. The highest BCUT2D eigenvalue weighted by Gasteiger charge is 2.47. The van der Waals surface area contributed by atoms with Crippen molar-refractivity contribution in [2.75, 3.05) is 20.2 Å². The first kappa shape index (κ1) is 18.8. The molecule has 0 bridgehead atoms. The van der Waals surface area contributed by atoms with Crippen LogP contribution in [0.25, 0.3) is 0 Å². The Kier molecular flexibility index (Phi) is 5.34. The summed E-state index contributed by atoms with van der Waals surface area (Å²) in [6.07, 6.45) is 2.97. The second-order valence-electron chi connectivity index (χ2n) is 6.93. The van der Waals surface area contributed by atoms with E-state index in [0.717, 1.165) is 12.0 Å². The minimum atomic E-state index is -3.92. The fraction of sp³-hybridized carbons (Fsp3) is 0.556. The summed E-state index contributed by atoms with van der Waals surface area (Å²) in [6, 6.07) is 9.32. The summed E-state index contributed by atoms with van der Waals surface area (Å²) in [5, 5.41) is 0. The summed E-state index contributed by atoms with van der Waals surface area (Å²) in [7, 11) is -2.60. The van der Waals surface area contributed by atoms with Crippen molar-refractivity contribution >= 4 is 22.1 Å². The number of nitrogens with one attached hydrogen (secondary N) is 1. The molecule has 2 fully saturated rings. The third-order valence-corrected chi connectivity index (χ3v) is 7.01. The third kappa shape index (κ3) is 3.48. The molecule has 1 aliphatic carbocycles. The number of carbonyl (C=O) groups excluding carboxylic acids is 2. The highest BCUT2D eigenvalue weighted by molar-refractivity contribution is 7.87. The molecule has 0 radical (unpaired) electrons. The maximum absolute atomic E-state index is 12.8. The molecule has 1 N–H and O–H groups in total. The average Bonchev–Trinajstić information content (AvgIpc) is 2.60. The molecule has 7 nitrogen and oxygen atoms in total. The van der Waals surface area contributed by atoms with Crippen LogP contribution in [-0.4, -0.2) is 44.8 Å². The zero-order valence-corrected chi connectivity index (χ0v) is 15.6. The molecule has 1 aliphatic heterocycles. The summed E-state index contributed by atoms with van der Waals surface area (Å²) in [5.74, 6) is -1.07. The number of esters is 1. The number of benzene rings is 1. The molecule has 1 aromatic carbocycles. The summed E-state index contributed by atoms with van der Waals surface area (Å²) in [4.78, 5) is 24.4. The van der Waals surface area contributed by atoms with Crippen LogP contribution >= 0.6 is 0 Å². The van der Waals surface area contributed by atoms with E-state index in [2.05, 4.69) is 4.72 Å². The van der Waals surface area contributed by atoms with Gasteiger partial charge in [-0.2, -0.15) is 12.7 Å². The van der Waals surface area contributed by atoms with Gasteiger partial charge in [-0.25, -0.2) is 4.72 Å². The van der Waals surface area contributed by atoms with Gasteiger partial charge >= 0.3 is 16.2 Å². The third-order valence-electron chi connectivity index (χ3n) is 5.52. The van der Waals surface area contributed by atoms with Gasteiger partial charge in [0.2, 0.25) is 5.91 Å². The number of rotatable bonds is 5. The molecule has 0 atom stereocenters. The van der Waals surface area contributed by atoms with Crippen molar-refractivity contribution in [2.24, 2.45) is 5.92 Å². The lowest BCUT2D eigenvalue weighted by atomic mass is 9.64. The predicted molar refractivity (Wildman–Crippen MR) is 95.3 cm³/mol. The second kappa shape index (κ2) is 7.36. The van der Waals surface area contributed by atoms with Crippen molar-refractivity contribution < 1.29 is 22.7 Å². The Morgan fingerprint density at radius 2 is 1.77 bits per heavy atom. The molecule has 1 aromatic rings. The van der Waals surface area contributed by atoms with Crippen molar-refractivity contribution in [3.63, 3.8) is 0 Å². The molecule has 8 heteroatoms. The molecular formula is C18H24N2O5S. The first-order valence-electron chi connectivity index (χ1n) is 8.85. The Labute approximate surface area is 153 Å². The Bertz CT molecular complexity index is 766. The molecule has 0 spiro atoms. The number of ether oxygens (including phenoxy) is 1. The predicted octanol–water partition coefficient (Wildman–Crippen LogP) is 1.35. The molecule has 142 valence electrons. The largest absolute Gasteiger partial charge is 0.469 e. The van der Waals surface area contributed by atoms with Crippen LogP contribution in [0.1, 0.15) is 37.7 Å². The number of hydrogen-bond donors (Lipinski definition) is 1. The molecule has 3 rings (SSSR count).